The quantitative estimate of drug-likeness (QED) is 0.691. The van der Waals surface area contributed by atoms with E-state index in [0.717, 1.165) is 0 Å². The Balaban J connectivity index is 2.12. The molecule has 0 bridgehead atoms. The molecule has 0 saturated heterocycles. The lowest BCUT2D eigenvalue weighted by Gasteiger charge is -2.10. The monoisotopic (exact) mass is 385 g/mol. The standard InChI is InChI=1S/C15H14F3N5O2S/c1-21(2)11(24)6-23-10-4-8(5-19-12(10)22(3)14(23)25)9-7-26-13(20-9)15(16,17)18/h4-5,7H,6H2,1-3H3. The number of imidazole rings is 1. The third kappa shape index (κ3) is 3.09. The van der Waals surface area contributed by atoms with Gasteiger partial charge in [0.15, 0.2) is 10.7 Å². The summed E-state index contributed by atoms with van der Waals surface area (Å²) >= 11 is 0.485. The molecule has 3 aromatic heterocycles. The largest absolute Gasteiger partial charge is 0.443 e. The van der Waals surface area contributed by atoms with Crippen LogP contribution in [-0.4, -0.2) is 44.0 Å². The molecule has 0 saturated carbocycles. The van der Waals surface area contributed by atoms with Crippen LogP contribution in [0.5, 0.6) is 0 Å². The number of fused-ring (bicyclic) bond motifs is 1. The zero-order valence-corrected chi connectivity index (χ0v) is 14.9. The smallest absolute Gasteiger partial charge is 0.347 e. The van der Waals surface area contributed by atoms with Crippen LogP contribution in [0, 0.1) is 0 Å². The van der Waals surface area contributed by atoms with Crippen LogP contribution in [0.1, 0.15) is 5.01 Å². The molecule has 138 valence electrons. The van der Waals surface area contributed by atoms with Crippen LogP contribution in [0.2, 0.25) is 0 Å². The highest BCUT2D eigenvalue weighted by atomic mass is 32.1. The molecule has 0 radical (unpaired) electrons. The summed E-state index contributed by atoms with van der Waals surface area (Å²) in [6, 6.07) is 1.52. The molecular weight excluding hydrogens is 371 g/mol. The summed E-state index contributed by atoms with van der Waals surface area (Å²) in [6.45, 7) is -0.195. The second kappa shape index (κ2) is 6.24. The Kier molecular flexibility index (Phi) is 4.34. The molecule has 0 aromatic carbocycles. The minimum absolute atomic E-state index is 0.110. The number of carbonyl (C=O) groups excluding carboxylic acids is 1. The Bertz CT molecular complexity index is 1050. The van der Waals surface area contributed by atoms with Crippen molar-refractivity contribution in [3.63, 3.8) is 0 Å². The van der Waals surface area contributed by atoms with Crippen molar-refractivity contribution in [2.75, 3.05) is 14.1 Å². The second-order valence-corrected chi connectivity index (χ2v) is 6.68. The summed E-state index contributed by atoms with van der Waals surface area (Å²) in [4.78, 5) is 33.5. The highest BCUT2D eigenvalue weighted by molar-refractivity contribution is 7.10. The Hall–Kier alpha value is -2.69. The first kappa shape index (κ1) is 18.1. The zero-order chi connectivity index (χ0) is 19.2. The first-order valence-corrected chi connectivity index (χ1v) is 8.26. The van der Waals surface area contributed by atoms with Gasteiger partial charge in [0, 0.05) is 38.3 Å². The Morgan fingerprint density at radius 3 is 2.62 bits per heavy atom. The minimum atomic E-state index is -4.52. The number of alkyl halides is 3. The van der Waals surface area contributed by atoms with E-state index < -0.39 is 16.9 Å². The van der Waals surface area contributed by atoms with Gasteiger partial charge in [-0.25, -0.2) is 14.8 Å². The van der Waals surface area contributed by atoms with Gasteiger partial charge < -0.3 is 4.90 Å². The topological polar surface area (TPSA) is 73.0 Å². The summed E-state index contributed by atoms with van der Waals surface area (Å²) in [5, 5.41) is 0.322. The molecule has 7 nitrogen and oxygen atoms in total. The van der Waals surface area contributed by atoms with E-state index in [4.69, 9.17) is 0 Å². The second-order valence-electron chi connectivity index (χ2n) is 5.82. The van der Waals surface area contributed by atoms with Crippen molar-refractivity contribution < 1.29 is 18.0 Å². The van der Waals surface area contributed by atoms with E-state index in [1.54, 1.807) is 14.1 Å². The maximum atomic E-state index is 12.8. The van der Waals surface area contributed by atoms with Crippen molar-refractivity contribution in [3.05, 3.63) is 33.1 Å². The van der Waals surface area contributed by atoms with Gasteiger partial charge in [-0.2, -0.15) is 13.2 Å². The predicted octanol–water partition coefficient (Wildman–Crippen LogP) is 1.97. The third-order valence-electron chi connectivity index (χ3n) is 3.81. The van der Waals surface area contributed by atoms with E-state index in [9.17, 15) is 22.8 Å². The number of amides is 1. The van der Waals surface area contributed by atoms with Gasteiger partial charge in [-0.3, -0.25) is 13.9 Å². The van der Waals surface area contributed by atoms with Gasteiger partial charge in [0.1, 0.15) is 6.54 Å². The highest BCUT2D eigenvalue weighted by Gasteiger charge is 2.34. The minimum Gasteiger partial charge on any atom is -0.347 e. The van der Waals surface area contributed by atoms with E-state index in [2.05, 4.69) is 9.97 Å². The van der Waals surface area contributed by atoms with Crippen molar-refractivity contribution >= 4 is 28.4 Å². The molecule has 0 aliphatic heterocycles. The lowest BCUT2D eigenvalue weighted by atomic mass is 10.2. The predicted molar refractivity (Wildman–Crippen MR) is 89.8 cm³/mol. The maximum absolute atomic E-state index is 12.8. The van der Waals surface area contributed by atoms with E-state index in [-0.39, 0.29) is 18.1 Å². The van der Waals surface area contributed by atoms with Crippen LogP contribution in [0.3, 0.4) is 0 Å². The van der Waals surface area contributed by atoms with Crippen molar-refractivity contribution in [2.45, 2.75) is 12.7 Å². The molecule has 1 amide bonds. The number of hydrogen-bond donors (Lipinski definition) is 0. The summed E-state index contributed by atoms with van der Waals surface area (Å²) in [5.74, 6) is -0.294. The molecule has 0 aliphatic carbocycles. The molecule has 0 unspecified atom stereocenters. The van der Waals surface area contributed by atoms with Crippen molar-refractivity contribution in [1.29, 1.82) is 0 Å². The summed E-state index contributed by atoms with van der Waals surface area (Å²) in [7, 11) is 4.64. The molecule has 26 heavy (non-hydrogen) atoms. The van der Waals surface area contributed by atoms with E-state index in [1.165, 1.54) is 38.7 Å². The van der Waals surface area contributed by atoms with Crippen molar-refractivity contribution in [3.8, 4) is 11.3 Å². The number of thiazole rings is 1. The van der Waals surface area contributed by atoms with Crippen LogP contribution in [0.15, 0.2) is 22.4 Å². The first-order valence-electron chi connectivity index (χ1n) is 7.38. The van der Waals surface area contributed by atoms with Crippen molar-refractivity contribution in [1.82, 2.24) is 24.0 Å². The number of halogens is 3. The Morgan fingerprint density at radius 2 is 2.04 bits per heavy atom. The van der Waals surface area contributed by atoms with Crippen LogP contribution >= 0.6 is 11.3 Å². The van der Waals surface area contributed by atoms with Crippen molar-refractivity contribution in [2.24, 2.45) is 7.05 Å². The molecule has 0 aliphatic rings. The number of carbonyl (C=O) groups is 1. The molecule has 0 N–H and O–H groups in total. The molecule has 3 heterocycles. The van der Waals surface area contributed by atoms with Gasteiger partial charge in [-0.1, -0.05) is 0 Å². The number of aryl methyl sites for hydroxylation is 1. The van der Waals surface area contributed by atoms with E-state index in [0.29, 0.717) is 28.1 Å². The Labute approximate surface area is 149 Å². The van der Waals surface area contributed by atoms with E-state index in [1.807, 2.05) is 0 Å². The van der Waals surface area contributed by atoms with Gasteiger partial charge in [0.05, 0.1) is 11.2 Å². The van der Waals surface area contributed by atoms with E-state index >= 15 is 0 Å². The molecule has 0 spiro atoms. The maximum Gasteiger partial charge on any atom is 0.443 e. The third-order valence-corrected chi connectivity index (χ3v) is 4.70. The van der Waals surface area contributed by atoms with Gasteiger partial charge in [-0.05, 0) is 6.07 Å². The molecule has 3 aromatic rings. The van der Waals surface area contributed by atoms with Crippen LogP contribution < -0.4 is 5.69 Å². The summed E-state index contributed by atoms with van der Waals surface area (Å²) in [5.41, 5.74) is 0.692. The van der Waals surface area contributed by atoms with Gasteiger partial charge in [0.25, 0.3) is 0 Å². The highest BCUT2D eigenvalue weighted by Crippen LogP contribution is 2.34. The molecule has 0 atom stereocenters. The average Bonchev–Trinajstić information content (AvgIpc) is 3.15. The average molecular weight is 385 g/mol. The van der Waals surface area contributed by atoms with Crippen LogP contribution in [0.4, 0.5) is 13.2 Å². The lowest BCUT2D eigenvalue weighted by Crippen LogP contribution is -2.31. The Morgan fingerprint density at radius 1 is 1.35 bits per heavy atom. The number of nitrogens with zero attached hydrogens (tertiary/aromatic N) is 5. The normalized spacial score (nSPS) is 11.9. The number of hydrogen-bond acceptors (Lipinski definition) is 5. The van der Waals surface area contributed by atoms with Gasteiger partial charge in [0.2, 0.25) is 5.91 Å². The molecule has 11 heteroatoms. The van der Waals surface area contributed by atoms with Gasteiger partial charge >= 0.3 is 11.9 Å². The number of pyridine rings is 1. The van der Waals surface area contributed by atoms with Gasteiger partial charge in [-0.15, -0.1) is 11.3 Å². The first-order chi connectivity index (χ1) is 12.1. The summed E-state index contributed by atoms with van der Waals surface area (Å²) in [6.07, 6.45) is -3.16. The molecular formula is C15H14F3N5O2S. The van der Waals surface area contributed by atoms with Crippen LogP contribution in [-0.2, 0) is 24.6 Å². The number of likely N-dealkylation sites (N-methyl/N-ethyl adjacent to an activating group) is 1. The SMILES string of the molecule is CN(C)C(=O)Cn1c(=O)n(C)c2ncc(-c3csc(C(F)(F)F)n3)cc21. The molecule has 0 fully saturated rings. The lowest BCUT2D eigenvalue weighted by molar-refractivity contribution is -0.137. The number of aromatic nitrogens is 4. The fraction of sp³-hybridized carbons (Fsp3) is 0.333. The fourth-order valence-electron chi connectivity index (χ4n) is 2.38. The zero-order valence-electron chi connectivity index (χ0n) is 14.0. The number of rotatable bonds is 3. The summed E-state index contributed by atoms with van der Waals surface area (Å²) < 4.78 is 40.8. The fourth-order valence-corrected chi connectivity index (χ4v) is 3.08. The van der Waals surface area contributed by atoms with Crippen LogP contribution in [0.25, 0.3) is 22.4 Å². The molecule has 3 rings (SSSR count).